The smallest absolute Gasteiger partial charge is 0.141 e. The topological polar surface area (TPSA) is 4.44 Å². The summed E-state index contributed by atoms with van der Waals surface area (Å²) >= 11 is 5.70. The molecule has 0 aromatic heterocycles. The molecule has 3 heteroatoms. The summed E-state index contributed by atoms with van der Waals surface area (Å²) in [6, 6.07) is 4.61. The number of nitrogens with one attached hydrogen (secondary N) is 1. The SMILES string of the molecule is C#CC[NH+](C)CC(=C)c1ccc(F)c(Cl)c1. The number of hydrogen-bond acceptors (Lipinski definition) is 0. The molecular weight excluding hydrogens is 225 g/mol. The molecule has 0 bridgehead atoms. The number of hydrogen-bond donors (Lipinski definition) is 1. The van der Waals surface area contributed by atoms with Gasteiger partial charge in [0.15, 0.2) is 0 Å². The maximum atomic E-state index is 13.0. The van der Waals surface area contributed by atoms with Gasteiger partial charge in [0.2, 0.25) is 0 Å². The number of benzene rings is 1. The molecule has 0 aliphatic heterocycles. The molecule has 0 saturated heterocycles. The lowest BCUT2D eigenvalue weighted by molar-refractivity contribution is -0.863. The Kier molecular flexibility index (Phi) is 4.54. The third kappa shape index (κ3) is 3.37. The van der Waals surface area contributed by atoms with Crippen molar-refractivity contribution in [3.63, 3.8) is 0 Å². The summed E-state index contributed by atoms with van der Waals surface area (Å²) in [4.78, 5) is 1.16. The van der Waals surface area contributed by atoms with E-state index in [-0.39, 0.29) is 5.02 Å². The maximum Gasteiger partial charge on any atom is 0.141 e. The molecule has 1 nitrogen and oxygen atoms in total. The Morgan fingerprint density at radius 1 is 1.62 bits per heavy atom. The van der Waals surface area contributed by atoms with Crippen molar-refractivity contribution < 1.29 is 9.29 Å². The van der Waals surface area contributed by atoms with Crippen molar-refractivity contribution in [1.29, 1.82) is 0 Å². The molecule has 0 radical (unpaired) electrons. The van der Waals surface area contributed by atoms with Crippen LogP contribution in [0.5, 0.6) is 0 Å². The first-order valence-corrected chi connectivity index (χ1v) is 5.30. The van der Waals surface area contributed by atoms with Crippen LogP contribution in [0.1, 0.15) is 5.56 Å². The average Bonchev–Trinajstić information content (AvgIpc) is 2.22. The second-order valence-corrected chi connectivity index (χ2v) is 4.15. The van der Waals surface area contributed by atoms with Gasteiger partial charge in [-0.1, -0.05) is 24.2 Å². The number of likely N-dealkylation sites (N-methyl/N-ethyl adjacent to an activating group) is 1. The van der Waals surface area contributed by atoms with E-state index in [9.17, 15) is 4.39 Å². The van der Waals surface area contributed by atoms with Gasteiger partial charge in [-0.05, 0) is 23.6 Å². The fraction of sp³-hybridized carbons (Fsp3) is 0.231. The predicted octanol–water partition coefficient (Wildman–Crippen LogP) is 1.64. The monoisotopic (exact) mass is 238 g/mol. The summed E-state index contributed by atoms with van der Waals surface area (Å²) in [6.45, 7) is 5.29. The fourth-order valence-corrected chi connectivity index (χ4v) is 1.60. The quantitative estimate of drug-likeness (QED) is 0.761. The first-order valence-electron chi connectivity index (χ1n) is 4.92. The van der Waals surface area contributed by atoms with Crippen molar-refractivity contribution in [1.82, 2.24) is 0 Å². The van der Waals surface area contributed by atoms with E-state index >= 15 is 0 Å². The highest BCUT2D eigenvalue weighted by Gasteiger charge is 2.08. The third-order valence-corrected chi connectivity index (χ3v) is 2.54. The second kappa shape index (κ2) is 5.69. The highest BCUT2D eigenvalue weighted by Crippen LogP contribution is 2.19. The third-order valence-electron chi connectivity index (χ3n) is 2.25. The predicted molar refractivity (Wildman–Crippen MR) is 65.9 cm³/mol. The summed E-state index contributed by atoms with van der Waals surface area (Å²) in [6.07, 6.45) is 5.22. The first-order chi connectivity index (χ1) is 7.54. The first kappa shape index (κ1) is 12.8. The van der Waals surface area contributed by atoms with E-state index in [1.165, 1.54) is 6.07 Å². The van der Waals surface area contributed by atoms with E-state index in [4.69, 9.17) is 18.0 Å². The van der Waals surface area contributed by atoms with E-state index in [0.29, 0.717) is 13.1 Å². The number of rotatable bonds is 4. The average molecular weight is 239 g/mol. The van der Waals surface area contributed by atoms with Crippen molar-refractivity contribution in [2.45, 2.75) is 0 Å². The Bertz CT molecular complexity index is 434. The van der Waals surface area contributed by atoms with Crippen LogP contribution >= 0.6 is 11.6 Å². The van der Waals surface area contributed by atoms with Crippen molar-refractivity contribution in [2.75, 3.05) is 20.1 Å². The van der Waals surface area contributed by atoms with Crippen LogP contribution in [0.15, 0.2) is 24.8 Å². The van der Waals surface area contributed by atoms with Crippen LogP contribution in [0.25, 0.3) is 5.57 Å². The number of quaternary nitrogens is 1. The standard InChI is InChI=1S/C13H13ClFN/c1-4-7-16(3)9-10(2)11-5-6-13(15)12(14)8-11/h1,5-6,8H,2,7,9H2,3H3/p+1. The number of halogens is 2. The van der Waals surface area contributed by atoms with Gasteiger partial charge in [0.1, 0.15) is 18.9 Å². The number of terminal acetylenes is 1. The maximum absolute atomic E-state index is 13.0. The Morgan fingerprint density at radius 2 is 2.31 bits per heavy atom. The highest BCUT2D eigenvalue weighted by atomic mass is 35.5. The van der Waals surface area contributed by atoms with Gasteiger partial charge in [-0.2, -0.15) is 0 Å². The van der Waals surface area contributed by atoms with Crippen LogP contribution in [0, 0.1) is 18.2 Å². The van der Waals surface area contributed by atoms with Gasteiger partial charge >= 0.3 is 0 Å². The summed E-state index contributed by atoms with van der Waals surface area (Å²) < 4.78 is 13.0. The van der Waals surface area contributed by atoms with Crippen LogP contribution < -0.4 is 4.90 Å². The van der Waals surface area contributed by atoms with E-state index in [1.54, 1.807) is 12.1 Å². The lowest BCUT2D eigenvalue weighted by Crippen LogP contribution is -3.08. The Morgan fingerprint density at radius 3 is 2.88 bits per heavy atom. The van der Waals surface area contributed by atoms with Crippen LogP contribution in [-0.4, -0.2) is 20.1 Å². The lowest BCUT2D eigenvalue weighted by atomic mass is 10.1. The molecule has 0 aliphatic carbocycles. The molecule has 1 atom stereocenters. The Balaban J connectivity index is 2.74. The molecule has 16 heavy (non-hydrogen) atoms. The molecule has 1 aromatic rings. The molecule has 0 heterocycles. The minimum absolute atomic E-state index is 0.119. The largest absolute Gasteiger partial charge is 0.324 e. The molecule has 1 N–H and O–H groups in total. The highest BCUT2D eigenvalue weighted by molar-refractivity contribution is 6.30. The lowest BCUT2D eigenvalue weighted by Gasteiger charge is -2.13. The normalized spacial score (nSPS) is 11.9. The van der Waals surface area contributed by atoms with Crippen molar-refractivity contribution in [3.05, 3.63) is 41.2 Å². The van der Waals surface area contributed by atoms with E-state index < -0.39 is 5.82 Å². The van der Waals surface area contributed by atoms with Gasteiger partial charge in [0.05, 0.1) is 12.1 Å². The van der Waals surface area contributed by atoms with Crippen LogP contribution in [0.4, 0.5) is 4.39 Å². The molecule has 0 fully saturated rings. The molecular formula is C13H14ClFN+. The zero-order chi connectivity index (χ0) is 12.1. The van der Waals surface area contributed by atoms with Crippen molar-refractivity contribution >= 4 is 17.2 Å². The molecule has 1 aromatic carbocycles. The van der Waals surface area contributed by atoms with Gasteiger partial charge in [0.25, 0.3) is 0 Å². The zero-order valence-electron chi connectivity index (χ0n) is 9.19. The summed E-state index contributed by atoms with van der Waals surface area (Å²) in [5.74, 6) is 2.17. The van der Waals surface area contributed by atoms with Crippen LogP contribution in [-0.2, 0) is 0 Å². The summed E-state index contributed by atoms with van der Waals surface area (Å²) in [5.41, 5.74) is 1.75. The van der Waals surface area contributed by atoms with Gasteiger partial charge in [-0.3, -0.25) is 0 Å². The van der Waals surface area contributed by atoms with Gasteiger partial charge in [0, 0.05) is 5.57 Å². The molecule has 84 valence electrons. The minimum Gasteiger partial charge on any atom is -0.324 e. The molecule has 0 amide bonds. The van der Waals surface area contributed by atoms with E-state index in [1.807, 2.05) is 7.05 Å². The fourth-order valence-electron chi connectivity index (χ4n) is 1.42. The Hall–Kier alpha value is -1.30. The minimum atomic E-state index is -0.414. The van der Waals surface area contributed by atoms with E-state index in [0.717, 1.165) is 16.0 Å². The zero-order valence-corrected chi connectivity index (χ0v) is 9.94. The van der Waals surface area contributed by atoms with Gasteiger partial charge in [-0.15, -0.1) is 6.42 Å². The Labute approximate surface area is 101 Å². The van der Waals surface area contributed by atoms with Crippen molar-refractivity contribution in [2.24, 2.45) is 0 Å². The van der Waals surface area contributed by atoms with Crippen molar-refractivity contribution in [3.8, 4) is 12.3 Å². The summed E-state index contributed by atoms with van der Waals surface area (Å²) in [5, 5.41) is 0.119. The molecule has 0 saturated carbocycles. The second-order valence-electron chi connectivity index (χ2n) is 3.75. The summed E-state index contributed by atoms with van der Waals surface area (Å²) in [7, 11) is 1.98. The molecule has 0 spiro atoms. The van der Waals surface area contributed by atoms with Crippen LogP contribution in [0.3, 0.4) is 0 Å². The molecule has 1 unspecified atom stereocenters. The van der Waals surface area contributed by atoms with Crippen LogP contribution in [0.2, 0.25) is 5.02 Å². The van der Waals surface area contributed by atoms with Gasteiger partial charge < -0.3 is 4.90 Å². The molecule has 0 aliphatic rings. The molecule has 1 rings (SSSR count). The van der Waals surface area contributed by atoms with Gasteiger partial charge in [-0.25, -0.2) is 4.39 Å². The van der Waals surface area contributed by atoms with E-state index in [2.05, 4.69) is 12.5 Å².